The van der Waals surface area contributed by atoms with Gasteiger partial charge in [0.25, 0.3) is 0 Å². The van der Waals surface area contributed by atoms with Gasteiger partial charge in [0.1, 0.15) is 0 Å². The normalized spacial score (nSPS) is 16.3. The lowest BCUT2D eigenvalue weighted by Gasteiger charge is -2.18. The van der Waals surface area contributed by atoms with Gasteiger partial charge in [0.05, 0.1) is 18.2 Å². The molecule has 1 unspecified atom stereocenters. The number of esters is 1. The van der Waals surface area contributed by atoms with Crippen molar-refractivity contribution in [2.45, 2.75) is 25.8 Å². The number of carbonyl (C=O) groups excluding carboxylic acids is 1. The molecule has 0 heterocycles. The Labute approximate surface area is 124 Å². The number of para-hydroxylation sites is 1. The summed E-state index contributed by atoms with van der Waals surface area (Å²) in [7, 11) is 0. The highest BCUT2D eigenvalue weighted by Crippen LogP contribution is 2.34. The SMILES string of the molecule is CCOC(=O)c1ccccc1NC1CCc2ccccc21. The first-order valence-electron chi connectivity index (χ1n) is 7.40. The maximum atomic E-state index is 12.0. The van der Waals surface area contributed by atoms with Crippen LogP contribution in [0.4, 0.5) is 5.69 Å². The van der Waals surface area contributed by atoms with E-state index in [1.165, 1.54) is 11.1 Å². The molecule has 1 aliphatic carbocycles. The number of carbonyl (C=O) groups is 1. The molecule has 3 rings (SSSR count). The Morgan fingerprint density at radius 1 is 1.19 bits per heavy atom. The van der Waals surface area contributed by atoms with E-state index < -0.39 is 0 Å². The van der Waals surface area contributed by atoms with Gasteiger partial charge in [-0.2, -0.15) is 0 Å². The maximum absolute atomic E-state index is 12.0. The van der Waals surface area contributed by atoms with E-state index in [4.69, 9.17) is 4.74 Å². The summed E-state index contributed by atoms with van der Waals surface area (Å²) in [6.45, 7) is 2.21. The summed E-state index contributed by atoms with van der Waals surface area (Å²) in [5.41, 5.74) is 4.17. The molecule has 3 nitrogen and oxygen atoms in total. The molecule has 0 saturated heterocycles. The highest BCUT2D eigenvalue weighted by atomic mass is 16.5. The first kappa shape index (κ1) is 13.7. The molecule has 3 heteroatoms. The number of anilines is 1. The summed E-state index contributed by atoms with van der Waals surface area (Å²) in [4.78, 5) is 12.0. The lowest BCUT2D eigenvalue weighted by atomic mass is 10.1. The van der Waals surface area contributed by atoms with E-state index in [2.05, 4.69) is 29.6 Å². The van der Waals surface area contributed by atoms with Gasteiger partial charge < -0.3 is 10.1 Å². The molecule has 2 aromatic rings. The van der Waals surface area contributed by atoms with E-state index in [1.807, 2.05) is 25.1 Å². The molecule has 0 aliphatic heterocycles. The summed E-state index contributed by atoms with van der Waals surface area (Å²) >= 11 is 0. The van der Waals surface area contributed by atoms with E-state index in [0.717, 1.165) is 18.5 Å². The summed E-state index contributed by atoms with van der Waals surface area (Å²) < 4.78 is 5.12. The Kier molecular flexibility index (Phi) is 3.91. The van der Waals surface area contributed by atoms with Crippen molar-refractivity contribution in [3.8, 4) is 0 Å². The molecule has 0 amide bonds. The largest absolute Gasteiger partial charge is 0.462 e. The summed E-state index contributed by atoms with van der Waals surface area (Å²) in [6.07, 6.45) is 2.13. The monoisotopic (exact) mass is 281 g/mol. The quantitative estimate of drug-likeness (QED) is 0.862. The van der Waals surface area contributed by atoms with Crippen LogP contribution < -0.4 is 5.32 Å². The number of hydrogen-bond donors (Lipinski definition) is 1. The Bertz CT molecular complexity index is 651. The molecule has 0 fully saturated rings. The predicted molar refractivity (Wildman–Crippen MR) is 83.5 cm³/mol. The zero-order chi connectivity index (χ0) is 14.7. The minimum absolute atomic E-state index is 0.261. The van der Waals surface area contributed by atoms with Gasteiger partial charge >= 0.3 is 5.97 Å². The molecule has 0 spiro atoms. The fourth-order valence-electron chi connectivity index (χ4n) is 2.89. The highest BCUT2D eigenvalue weighted by Gasteiger charge is 2.23. The topological polar surface area (TPSA) is 38.3 Å². The van der Waals surface area contributed by atoms with E-state index in [-0.39, 0.29) is 12.0 Å². The third-order valence-corrected chi connectivity index (χ3v) is 3.89. The molecule has 0 bridgehead atoms. The molecule has 21 heavy (non-hydrogen) atoms. The van der Waals surface area contributed by atoms with Gasteiger partial charge in [-0.3, -0.25) is 0 Å². The molecule has 1 N–H and O–H groups in total. The van der Waals surface area contributed by atoms with Crippen LogP contribution in [0.1, 0.15) is 40.9 Å². The zero-order valence-corrected chi connectivity index (χ0v) is 12.1. The third kappa shape index (κ3) is 2.77. The van der Waals surface area contributed by atoms with Crippen LogP contribution >= 0.6 is 0 Å². The Hall–Kier alpha value is -2.29. The predicted octanol–water partition coefficient (Wildman–Crippen LogP) is 3.96. The van der Waals surface area contributed by atoms with E-state index in [0.29, 0.717) is 12.2 Å². The van der Waals surface area contributed by atoms with E-state index >= 15 is 0 Å². The summed E-state index contributed by atoms with van der Waals surface area (Å²) in [6, 6.07) is 16.3. The van der Waals surface area contributed by atoms with Crippen LogP contribution in [0.5, 0.6) is 0 Å². The molecule has 1 atom stereocenters. The van der Waals surface area contributed by atoms with E-state index in [1.54, 1.807) is 6.07 Å². The lowest BCUT2D eigenvalue weighted by Crippen LogP contribution is -2.12. The molecular formula is C18H19NO2. The molecule has 0 aromatic heterocycles. The molecular weight excluding hydrogens is 262 g/mol. The van der Waals surface area contributed by atoms with Crippen LogP contribution in [-0.4, -0.2) is 12.6 Å². The van der Waals surface area contributed by atoms with Crippen LogP contribution in [0.2, 0.25) is 0 Å². The van der Waals surface area contributed by atoms with Crippen molar-refractivity contribution in [1.82, 2.24) is 0 Å². The smallest absolute Gasteiger partial charge is 0.340 e. The number of rotatable bonds is 4. The van der Waals surface area contributed by atoms with Gasteiger partial charge in [-0.15, -0.1) is 0 Å². The second-order valence-corrected chi connectivity index (χ2v) is 5.20. The average molecular weight is 281 g/mol. The average Bonchev–Trinajstić information content (AvgIpc) is 2.91. The second-order valence-electron chi connectivity index (χ2n) is 5.20. The molecule has 1 aliphatic rings. The number of nitrogens with one attached hydrogen (secondary N) is 1. The number of fused-ring (bicyclic) bond motifs is 1. The molecule has 108 valence electrons. The maximum Gasteiger partial charge on any atom is 0.340 e. The van der Waals surface area contributed by atoms with Crippen LogP contribution in [0.15, 0.2) is 48.5 Å². The van der Waals surface area contributed by atoms with Crippen LogP contribution in [0.25, 0.3) is 0 Å². The standard InChI is InChI=1S/C18H19NO2/c1-2-21-18(20)15-9-5-6-10-16(15)19-17-12-11-13-7-3-4-8-14(13)17/h3-10,17,19H,2,11-12H2,1H3. The number of ether oxygens (including phenoxy) is 1. The van der Waals surface area contributed by atoms with Crippen molar-refractivity contribution in [2.75, 3.05) is 11.9 Å². The van der Waals surface area contributed by atoms with Gasteiger partial charge in [-0.25, -0.2) is 4.79 Å². The second kappa shape index (κ2) is 6.00. The fraction of sp³-hybridized carbons (Fsp3) is 0.278. The number of aryl methyl sites for hydroxylation is 1. The zero-order valence-electron chi connectivity index (χ0n) is 12.1. The van der Waals surface area contributed by atoms with Crippen LogP contribution in [0, 0.1) is 0 Å². The highest BCUT2D eigenvalue weighted by molar-refractivity contribution is 5.95. The van der Waals surface area contributed by atoms with Crippen molar-refractivity contribution in [2.24, 2.45) is 0 Å². The molecule has 2 aromatic carbocycles. The Morgan fingerprint density at radius 3 is 2.81 bits per heavy atom. The number of benzene rings is 2. The first-order valence-corrected chi connectivity index (χ1v) is 7.40. The molecule has 0 saturated carbocycles. The first-order chi connectivity index (χ1) is 10.3. The number of hydrogen-bond acceptors (Lipinski definition) is 3. The Balaban J connectivity index is 1.85. The van der Waals surface area contributed by atoms with Crippen molar-refractivity contribution in [3.05, 3.63) is 65.2 Å². The van der Waals surface area contributed by atoms with Gasteiger partial charge in [-0.05, 0) is 43.0 Å². The van der Waals surface area contributed by atoms with Crippen LogP contribution in [-0.2, 0) is 11.2 Å². The minimum atomic E-state index is -0.271. The van der Waals surface area contributed by atoms with Gasteiger partial charge in [-0.1, -0.05) is 36.4 Å². The van der Waals surface area contributed by atoms with Gasteiger partial charge in [0.2, 0.25) is 0 Å². The minimum Gasteiger partial charge on any atom is -0.462 e. The van der Waals surface area contributed by atoms with E-state index in [9.17, 15) is 4.79 Å². The van der Waals surface area contributed by atoms with Crippen molar-refractivity contribution >= 4 is 11.7 Å². The fourth-order valence-corrected chi connectivity index (χ4v) is 2.89. The summed E-state index contributed by atoms with van der Waals surface area (Å²) in [5, 5.41) is 3.50. The van der Waals surface area contributed by atoms with Crippen molar-refractivity contribution < 1.29 is 9.53 Å². The van der Waals surface area contributed by atoms with Crippen molar-refractivity contribution in [1.29, 1.82) is 0 Å². The summed E-state index contributed by atoms with van der Waals surface area (Å²) in [5.74, 6) is -0.271. The molecule has 0 radical (unpaired) electrons. The lowest BCUT2D eigenvalue weighted by molar-refractivity contribution is 0.0527. The van der Waals surface area contributed by atoms with Crippen molar-refractivity contribution in [3.63, 3.8) is 0 Å². The van der Waals surface area contributed by atoms with Crippen LogP contribution in [0.3, 0.4) is 0 Å². The Morgan fingerprint density at radius 2 is 1.95 bits per heavy atom. The van der Waals surface area contributed by atoms with Gasteiger partial charge in [0.15, 0.2) is 0 Å². The van der Waals surface area contributed by atoms with Gasteiger partial charge in [0, 0.05) is 5.69 Å². The third-order valence-electron chi connectivity index (χ3n) is 3.89.